The molecule has 1 unspecified atom stereocenters. The Hall–Kier alpha value is -0.650. The Morgan fingerprint density at radius 1 is 1.44 bits per heavy atom. The van der Waals surface area contributed by atoms with E-state index in [4.69, 9.17) is 4.74 Å². The molecule has 0 aromatic carbocycles. The van der Waals surface area contributed by atoms with Gasteiger partial charge in [0.15, 0.2) is 0 Å². The van der Waals surface area contributed by atoms with Gasteiger partial charge in [-0.2, -0.15) is 0 Å². The Balaban J connectivity index is 2.47. The SMILES string of the molecule is COCCC(C)NC(=O)C(C)(C)N1CCNCC1. The molecule has 1 heterocycles. The van der Waals surface area contributed by atoms with Gasteiger partial charge in [-0.05, 0) is 27.2 Å². The van der Waals surface area contributed by atoms with Crippen LogP contribution in [0.25, 0.3) is 0 Å². The number of rotatable bonds is 6. The first-order chi connectivity index (χ1) is 8.48. The minimum atomic E-state index is -0.441. The third kappa shape index (κ3) is 4.23. The summed E-state index contributed by atoms with van der Waals surface area (Å²) in [5.41, 5.74) is -0.441. The molecule has 18 heavy (non-hydrogen) atoms. The maximum absolute atomic E-state index is 12.3. The standard InChI is InChI=1S/C13H27N3O2/c1-11(5-10-18-4)15-12(17)13(2,3)16-8-6-14-7-9-16/h11,14H,5-10H2,1-4H3,(H,15,17). The normalized spacial score (nSPS) is 19.6. The van der Waals surface area contributed by atoms with E-state index >= 15 is 0 Å². The number of nitrogens with one attached hydrogen (secondary N) is 2. The number of carbonyl (C=O) groups excluding carboxylic acids is 1. The number of hydrogen-bond acceptors (Lipinski definition) is 4. The van der Waals surface area contributed by atoms with E-state index in [-0.39, 0.29) is 11.9 Å². The Kier molecular flexibility index (Phi) is 6.05. The van der Waals surface area contributed by atoms with Gasteiger partial charge in [-0.15, -0.1) is 0 Å². The molecule has 0 radical (unpaired) electrons. The quantitative estimate of drug-likeness (QED) is 0.714. The molecule has 106 valence electrons. The zero-order valence-electron chi connectivity index (χ0n) is 12.1. The summed E-state index contributed by atoms with van der Waals surface area (Å²) in [5, 5.41) is 6.38. The van der Waals surface area contributed by atoms with E-state index in [1.54, 1.807) is 7.11 Å². The highest BCUT2D eigenvalue weighted by Crippen LogP contribution is 2.15. The van der Waals surface area contributed by atoms with E-state index in [1.165, 1.54) is 0 Å². The van der Waals surface area contributed by atoms with Crippen molar-refractivity contribution in [3.63, 3.8) is 0 Å². The van der Waals surface area contributed by atoms with Gasteiger partial charge in [-0.25, -0.2) is 0 Å². The van der Waals surface area contributed by atoms with Crippen LogP contribution in [-0.4, -0.2) is 62.3 Å². The molecule has 1 atom stereocenters. The fourth-order valence-electron chi connectivity index (χ4n) is 2.13. The van der Waals surface area contributed by atoms with Crippen LogP contribution >= 0.6 is 0 Å². The lowest BCUT2D eigenvalue weighted by atomic mass is 9.99. The molecule has 0 aromatic rings. The first-order valence-corrected chi connectivity index (χ1v) is 6.74. The third-order valence-electron chi connectivity index (χ3n) is 3.60. The van der Waals surface area contributed by atoms with Crippen LogP contribution in [-0.2, 0) is 9.53 Å². The minimum Gasteiger partial charge on any atom is -0.385 e. The molecular formula is C13H27N3O2. The molecule has 5 heteroatoms. The summed E-state index contributed by atoms with van der Waals surface area (Å²) in [6.07, 6.45) is 0.847. The molecule has 1 aliphatic heterocycles. The van der Waals surface area contributed by atoms with E-state index < -0.39 is 5.54 Å². The molecule has 1 amide bonds. The van der Waals surface area contributed by atoms with E-state index in [1.807, 2.05) is 20.8 Å². The van der Waals surface area contributed by atoms with Crippen molar-refractivity contribution in [2.75, 3.05) is 39.9 Å². The van der Waals surface area contributed by atoms with Crippen molar-refractivity contribution in [1.82, 2.24) is 15.5 Å². The Bertz CT molecular complexity index is 263. The number of hydrogen-bond donors (Lipinski definition) is 2. The van der Waals surface area contributed by atoms with Crippen molar-refractivity contribution in [2.45, 2.75) is 38.8 Å². The van der Waals surface area contributed by atoms with Crippen LogP contribution in [0.1, 0.15) is 27.2 Å². The first-order valence-electron chi connectivity index (χ1n) is 6.74. The van der Waals surface area contributed by atoms with Gasteiger partial charge in [0.2, 0.25) is 5.91 Å². The van der Waals surface area contributed by atoms with Crippen molar-refractivity contribution < 1.29 is 9.53 Å². The van der Waals surface area contributed by atoms with Crippen LogP contribution in [0.5, 0.6) is 0 Å². The number of ether oxygens (including phenoxy) is 1. The van der Waals surface area contributed by atoms with Crippen molar-refractivity contribution in [3.05, 3.63) is 0 Å². The molecule has 2 N–H and O–H groups in total. The van der Waals surface area contributed by atoms with Crippen LogP contribution in [0.4, 0.5) is 0 Å². The monoisotopic (exact) mass is 257 g/mol. The molecule has 1 saturated heterocycles. The highest BCUT2D eigenvalue weighted by atomic mass is 16.5. The fourth-order valence-corrected chi connectivity index (χ4v) is 2.13. The smallest absolute Gasteiger partial charge is 0.240 e. The van der Waals surface area contributed by atoms with Crippen molar-refractivity contribution in [2.24, 2.45) is 0 Å². The van der Waals surface area contributed by atoms with E-state index in [9.17, 15) is 4.79 Å². The summed E-state index contributed by atoms with van der Waals surface area (Å²) >= 11 is 0. The summed E-state index contributed by atoms with van der Waals surface area (Å²) in [7, 11) is 1.68. The molecule has 1 aliphatic rings. The van der Waals surface area contributed by atoms with Crippen LogP contribution in [0.3, 0.4) is 0 Å². The van der Waals surface area contributed by atoms with E-state index in [0.29, 0.717) is 6.61 Å². The second-order valence-electron chi connectivity index (χ2n) is 5.45. The minimum absolute atomic E-state index is 0.105. The van der Waals surface area contributed by atoms with Gasteiger partial charge in [0, 0.05) is 45.9 Å². The summed E-state index contributed by atoms with van der Waals surface area (Å²) < 4.78 is 5.03. The highest BCUT2D eigenvalue weighted by Gasteiger charge is 2.35. The Labute approximate surface area is 110 Å². The predicted octanol–water partition coefficient (Wildman–Crippen LogP) is 0.211. The van der Waals surface area contributed by atoms with Gasteiger partial charge >= 0.3 is 0 Å². The zero-order chi connectivity index (χ0) is 13.6. The molecule has 1 fully saturated rings. The van der Waals surface area contributed by atoms with Crippen LogP contribution < -0.4 is 10.6 Å². The molecule has 0 saturated carbocycles. The third-order valence-corrected chi connectivity index (χ3v) is 3.60. The Morgan fingerprint density at radius 3 is 2.61 bits per heavy atom. The van der Waals surface area contributed by atoms with E-state index in [2.05, 4.69) is 15.5 Å². The number of piperazine rings is 1. The number of amides is 1. The highest BCUT2D eigenvalue weighted by molar-refractivity contribution is 5.85. The topological polar surface area (TPSA) is 53.6 Å². The second kappa shape index (κ2) is 7.07. The zero-order valence-corrected chi connectivity index (χ0v) is 12.1. The van der Waals surface area contributed by atoms with Crippen molar-refractivity contribution in [1.29, 1.82) is 0 Å². The lowest BCUT2D eigenvalue weighted by molar-refractivity contribution is -0.132. The Morgan fingerprint density at radius 2 is 2.06 bits per heavy atom. The lowest BCUT2D eigenvalue weighted by Crippen LogP contribution is -2.60. The summed E-state index contributed by atoms with van der Waals surface area (Å²) in [4.78, 5) is 14.6. The van der Waals surface area contributed by atoms with Crippen LogP contribution in [0.15, 0.2) is 0 Å². The summed E-state index contributed by atoms with van der Waals surface area (Å²) in [6, 6.07) is 0.152. The summed E-state index contributed by atoms with van der Waals surface area (Å²) in [5.74, 6) is 0.105. The van der Waals surface area contributed by atoms with Crippen LogP contribution in [0.2, 0.25) is 0 Å². The van der Waals surface area contributed by atoms with Gasteiger partial charge in [0.25, 0.3) is 0 Å². The maximum atomic E-state index is 12.3. The maximum Gasteiger partial charge on any atom is 0.240 e. The van der Waals surface area contributed by atoms with E-state index in [0.717, 1.165) is 32.6 Å². The number of carbonyl (C=O) groups is 1. The molecule has 0 aromatic heterocycles. The largest absolute Gasteiger partial charge is 0.385 e. The average Bonchev–Trinajstić information content (AvgIpc) is 2.37. The molecule has 0 aliphatic carbocycles. The average molecular weight is 257 g/mol. The van der Waals surface area contributed by atoms with Crippen molar-refractivity contribution >= 4 is 5.91 Å². The fraction of sp³-hybridized carbons (Fsp3) is 0.923. The molecule has 5 nitrogen and oxygen atoms in total. The van der Waals surface area contributed by atoms with Gasteiger partial charge < -0.3 is 15.4 Å². The summed E-state index contributed by atoms with van der Waals surface area (Å²) in [6.45, 7) is 10.4. The number of nitrogens with zero attached hydrogens (tertiary/aromatic N) is 1. The lowest BCUT2D eigenvalue weighted by Gasteiger charge is -2.40. The first kappa shape index (κ1) is 15.4. The van der Waals surface area contributed by atoms with Crippen LogP contribution in [0, 0.1) is 0 Å². The van der Waals surface area contributed by atoms with Gasteiger partial charge in [-0.3, -0.25) is 9.69 Å². The predicted molar refractivity (Wildman–Crippen MR) is 72.6 cm³/mol. The van der Waals surface area contributed by atoms with Gasteiger partial charge in [0.05, 0.1) is 5.54 Å². The van der Waals surface area contributed by atoms with Gasteiger partial charge in [-0.1, -0.05) is 0 Å². The molecule has 0 spiro atoms. The molecule has 1 rings (SSSR count). The second-order valence-corrected chi connectivity index (χ2v) is 5.45. The number of methoxy groups -OCH3 is 1. The molecular weight excluding hydrogens is 230 g/mol. The van der Waals surface area contributed by atoms with Crippen molar-refractivity contribution in [3.8, 4) is 0 Å². The molecule has 0 bridgehead atoms. The van der Waals surface area contributed by atoms with Gasteiger partial charge in [0.1, 0.15) is 0 Å².